The lowest BCUT2D eigenvalue weighted by Crippen LogP contribution is -2.48. The van der Waals surface area contributed by atoms with Crippen molar-refractivity contribution >= 4 is 47.2 Å². The minimum atomic E-state index is -0.0414. The van der Waals surface area contributed by atoms with E-state index in [-0.39, 0.29) is 18.3 Å². The zero-order valence-electron chi connectivity index (χ0n) is 13.6. The molecule has 1 fully saturated rings. The number of nitrogens with two attached hydrogens (primary N) is 1. The summed E-state index contributed by atoms with van der Waals surface area (Å²) in [5.41, 5.74) is 8.29. The number of carbonyl (C=O) groups is 1. The smallest absolute Gasteiger partial charge is 0.255 e. The van der Waals surface area contributed by atoms with E-state index >= 15 is 0 Å². The van der Waals surface area contributed by atoms with Crippen LogP contribution >= 0.6 is 35.6 Å². The average molecular weight is 401 g/mol. The average Bonchev–Trinajstić information content (AvgIpc) is 2.55. The van der Waals surface area contributed by atoms with E-state index < -0.39 is 0 Å². The van der Waals surface area contributed by atoms with Gasteiger partial charge in [0, 0.05) is 43.4 Å². The highest BCUT2D eigenvalue weighted by atomic mass is 35.5. The van der Waals surface area contributed by atoms with Gasteiger partial charge in [-0.15, -0.1) is 12.4 Å². The molecule has 134 valence electrons. The highest BCUT2D eigenvalue weighted by Gasteiger charge is 2.23. The number of rotatable bonds is 3. The summed E-state index contributed by atoms with van der Waals surface area (Å²) < 4.78 is 0. The third-order valence-corrected chi connectivity index (χ3v) is 4.73. The molecule has 0 spiro atoms. The van der Waals surface area contributed by atoms with Crippen LogP contribution in [0.3, 0.4) is 0 Å². The van der Waals surface area contributed by atoms with E-state index in [4.69, 9.17) is 28.9 Å². The summed E-state index contributed by atoms with van der Waals surface area (Å²) in [4.78, 5) is 16.8. The monoisotopic (exact) mass is 399 g/mol. The summed E-state index contributed by atoms with van der Waals surface area (Å²) in [5.74, 6) is -0.0414. The molecule has 4 nitrogen and oxygen atoms in total. The van der Waals surface area contributed by atoms with Gasteiger partial charge in [-0.2, -0.15) is 0 Å². The van der Waals surface area contributed by atoms with Gasteiger partial charge in [0.05, 0.1) is 10.6 Å². The van der Waals surface area contributed by atoms with Crippen LogP contribution in [0.2, 0.25) is 10.0 Å². The molecule has 2 N–H and O–H groups in total. The van der Waals surface area contributed by atoms with Crippen molar-refractivity contribution in [3.05, 3.63) is 63.6 Å². The number of hydrogen-bond donors (Lipinski definition) is 1. The maximum Gasteiger partial charge on any atom is 0.255 e. The molecule has 2 aromatic rings. The fourth-order valence-electron chi connectivity index (χ4n) is 2.89. The lowest BCUT2D eigenvalue weighted by atomic mass is 10.1. The molecule has 1 saturated heterocycles. The summed E-state index contributed by atoms with van der Waals surface area (Å²) in [6.45, 7) is 3.85. The Kier molecular flexibility index (Phi) is 6.96. The number of nitrogens with zero attached hydrogens (tertiary/aromatic N) is 2. The van der Waals surface area contributed by atoms with Gasteiger partial charge in [-0.3, -0.25) is 9.69 Å². The quantitative estimate of drug-likeness (QED) is 0.794. The second-order valence-corrected chi connectivity index (χ2v) is 6.78. The fourth-order valence-corrected chi connectivity index (χ4v) is 3.38. The third-order valence-electron chi connectivity index (χ3n) is 4.18. The molecule has 0 bridgehead atoms. The van der Waals surface area contributed by atoms with Crippen molar-refractivity contribution in [2.75, 3.05) is 31.9 Å². The van der Waals surface area contributed by atoms with Crippen LogP contribution in [-0.2, 0) is 6.54 Å². The molecule has 1 heterocycles. The van der Waals surface area contributed by atoms with Gasteiger partial charge >= 0.3 is 0 Å². The van der Waals surface area contributed by atoms with Crippen molar-refractivity contribution < 1.29 is 4.79 Å². The van der Waals surface area contributed by atoms with Gasteiger partial charge in [0.15, 0.2) is 0 Å². The first-order valence-corrected chi connectivity index (χ1v) is 8.59. The molecule has 0 atom stereocenters. The number of nitrogen functional groups attached to an aromatic ring is 1. The van der Waals surface area contributed by atoms with Gasteiger partial charge in [-0.25, -0.2) is 0 Å². The molecule has 0 aliphatic carbocycles. The minimum absolute atomic E-state index is 0. The van der Waals surface area contributed by atoms with E-state index in [1.54, 1.807) is 18.2 Å². The van der Waals surface area contributed by atoms with Crippen molar-refractivity contribution in [1.82, 2.24) is 9.80 Å². The van der Waals surface area contributed by atoms with Crippen LogP contribution in [0.25, 0.3) is 0 Å². The first-order chi connectivity index (χ1) is 11.5. The lowest BCUT2D eigenvalue weighted by molar-refractivity contribution is 0.0628. The first kappa shape index (κ1) is 19.9. The fraction of sp³-hybridized carbons (Fsp3) is 0.278. The molecule has 3 rings (SSSR count). The molecule has 25 heavy (non-hydrogen) atoms. The van der Waals surface area contributed by atoms with E-state index in [2.05, 4.69) is 11.0 Å². The van der Waals surface area contributed by atoms with Gasteiger partial charge in [-0.1, -0.05) is 35.3 Å². The second-order valence-electron chi connectivity index (χ2n) is 5.94. The van der Waals surface area contributed by atoms with Crippen LogP contribution in [0, 0.1) is 0 Å². The molecule has 0 radical (unpaired) electrons. The van der Waals surface area contributed by atoms with Crippen LogP contribution < -0.4 is 5.73 Å². The van der Waals surface area contributed by atoms with Gasteiger partial charge in [0.1, 0.15) is 0 Å². The Balaban J connectivity index is 0.00000225. The predicted octanol–water partition coefficient (Wildman–Crippen LogP) is 3.96. The minimum Gasteiger partial charge on any atom is -0.399 e. The molecule has 1 aliphatic rings. The van der Waals surface area contributed by atoms with Crippen molar-refractivity contribution in [1.29, 1.82) is 0 Å². The SMILES string of the molecule is Cl.Nc1cccc(CN2CCN(C(=O)c3ccc(Cl)cc3Cl)CC2)c1. The first-order valence-electron chi connectivity index (χ1n) is 7.84. The maximum absolute atomic E-state index is 12.6. The van der Waals surface area contributed by atoms with E-state index in [0.717, 1.165) is 25.3 Å². The van der Waals surface area contributed by atoms with Crippen LogP contribution in [0.4, 0.5) is 5.69 Å². The van der Waals surface area contributed by atoms with Crippen LogP contribution in [0.15, 0.2) is 42.5 Å². The summed E-state index contributed by atoms with van der Waals surface area (Å²) in [6, 6.07) is 12.9. The largest absolute Gasteiger partial charge is 0.399 e. The predicted molar refractivity (Wildman–Crippen MR) is 106 cm³/mol. The van der Waals surface area contributed by atoms with Crippen molar-refractivity contribution in [3.63, 3.8) is 0 Å². The molecule has 0 saturated carbocycles. The van der Waals surface area contributed by atoms with E-state index in [0.29, 0.717) is 28.7 Å². The van der Waals surface area contributed by atoms with Gasteiger partial charge in [0.2, 0.25) is 0 Å². The Bertz CT molecular complexity index is 746. The zero-order valence-corrected chi connectivity index (χ0v) is 15.9. The third kappa shape index (κ3) is 5.02. The molecular formula is C18H20Cl3N3O. The highest BCUT2D eigenvalue weighted by Crippen LogP contribution is 2.23. The van der Waals surface area contributed by atoms with Crippen molar-refractivity contribution in [2.45, 2.75) is 6.54 Å². The number of amides is 1. The molecule has 7 heteroatoms. The van der Waals surface area contributed by atoms with E-state index in [1.807, 2.05) is 23.1 Å². The Morgan fingerprint density at radius 2 is 1.76 bits per heavy atom. The zero-order chi connectivity index (χ0) is 17.1. The van der Waals surface area contributed by atoms with E-state index in [9.17, 15) is 4.79 Å². The molecule has 2 aromatic carbocycles. The summed E-state index contributed by atoms with van der Waals surface area (Å²) in [6.07, 6.45) is 0. The number of benzene rings is 2. The molecule has 1 aliphatic heterocycles. The van der Waals surface area contributed by atoms with Crippen molar-refractivity contribution in [3.8, 4) is 0 Å². The number of hydrogen-bond acceptors (Lipinski definition) is 3. The Labute approximate surface area is 163 Å². The van der Waals surface area contributed by atoms with Crippen LogP contribution in [0.1, 0.15) is 15.9 Å². The molecular weight excluding hydrogens is 381 g/mol. The Hall–Kier alpha value is -1.46. The molecule has 0 unspecified atom stereocenters. The normalized spacial score (nSPS) is 14.9. The van der Waals surface area contributed by atoms with E-state index in [1.165, 1.54) is 5.56 Å². The topological polar surface area (TPSA) is 49.6 Å². The number of piperazine rings is 1. The summed E-state index contributed by atoms with van der Waals surface area (Å²) >= 11 is 12.0. The van der Waals surface area contributed by atoms with Gasteiger partial charge in [-0.05, 0) is 35.9 Å². The highest BCUT2D eigenvalue weighted by molar-refractivity contribution is 6.36. The van der Waals surface area contributed by atoms with Gasteiger partial charge < -0.3 is 10.6 Å². The number of carbonyl (C=O) groups excluding carboxylic acids is 1. The molecule has 1 amide bonds. The maximum atomic E-state index is 12.6. The standard InChI is InChI=1S/C18H19Cl2N3O.ClH/c19-14-4-5-16(17(20)11-14)18(24)23-8-6-22(7-9-23)12-13-2-1-3-15(21)10-13;/h1-5,10-11H,6-9,12,21H2;1H. The Morgan fingerprint density at radius 3 is 2.40 bits per heavy atom. The summed E-state index contributed by atoms with van der Waals surface area (Å²) in [5, 5.41) is 0.929. The van der Waals surface area contributed by atoms with Crippen LogP contribution in [0.5, 0.6) is 0 Å². The van der Waals surface area contributed by atoms with Crippen molar-refractivity contribution in [2.24, 2.45) is 0 Å². The number of halogens is 3. The van der Waals surface area contributed by atoms with Gasteiger partial charge in [0.25, 0.3) is 5.91 Å². The Morgan fingerprint density at radius 1 is 1.04 bits per heavy atom. The second kappa shape index (κ2) is 8.77. The summed E-state index contributed by atoms with van der Waals surface area (Å²) in [7, 11) is 0. The molecule has 0 aromatic heterocycles. The lowest BCUT2D eigenvalue weighted by Gasteiger charge is -2.35. The van der Waals surface area contributed by atoms with Crippen LogP contribution in [-0.4, -0.2) is 41.9 Å². The number of anilines is 1.